The van der Waals surface area contributed by atoms with E-state index in [4.69, 9.17) is 0 Å². The predicted octanol–water partition coefficient (Wildman–Crippen LogP) is 3.17. The van der Waals surface area contributed by atoms with E-state index in [0.29, 0.717) is 17.9 Å². The molecule has 0 saturated heterocycles. The first-order valence-electron chi connectivity index (χ1n) is 8.13. The molecule has 0 bridgehead atoms. The first kappa shape index (κ1) is 14.6. The average Bonchev–Trinajstić information content (AvgIpc) is 3.03. The van der Waals surface area contributed by atoms with Crippen LogP contribution in [0.25, 0.3) is 5.69 Å². The van der Waals surface area contributed by atoms with E-state index >= 15 is 0 Å². The van der Waals surface area contributed by atoms with Crippen molar-refractivity contribution in [3.63, 3.8) is 0 Å². The molecule has 5 nitrogen and oxygen atoms in total. The Morgan fingerprint density at radius 2 is 1.75 bits per heavy atom. The summed E-state index contributed by atoms with van der Waals surface area (Å²) >= 11 is 0. The van der Waals surface area contributed by atoms with Crippen molar-refractivity contribution in [2.45, 2.75) is 19.8 Å². The smallest absolute Gasteiger partial charge is 0.280 e. The Kier molecular flexibility index (Phi) is 3.61. The standard InChI is InChI=1S/C19H18N4O/c1-14-18(21-23(20-14)16-10-3-2-4-11-16)19(24)22-13-7-9-15-8-5-6-12-17(15)22/h2-6,8,10-12H,7,9,13H2,1H3. The first-order chi connectivity index (χ1) is 11.7. The predicted molar refractivity (Wildman–Crippen MR) is 92.5 cm³/mol. The zero-order valence-corrected chi connectivity index (χ0v) is 13.5. The van der Waals surface area contributed by atoms with Crippen LogP contribution in [0, 0.1) is 6.92 Å². The van der Waals surface area contributed by atoms with Crippen molar-refractivity contribution in [3.05, 3.63) is 71.5 Å². The molecule has 0 saturated carbocycles. The molecule has 1 aromatic heterocycles. The maximum atomic E-state index is 13.0. The Morgan fingerprint density at radius 1 is 1.00 bits per heavy atom. The molecule has 4 rings (SSSR count). The second-order valence-electron chi connectivity index (χ2n) is 5.95. The minimum absolute atomic E-state index is 0.0816. The van der Waals surface area contributed by atoms with Crippen LogP contribution in [0.1, 0.15) is 28.2 Å². The van der Waals surface area contributed by atoms with Crippen molar-refractivity contribution in [3.8, 4) is 5.69 Å². The summed E-state index contributed by atoms with van der Waals surface area (Å²) < 4.78 is 0. The van der Waals surface area contributed by atoms with Crippen molar-refractivity contribution < 1.29 is 4.79 Å². The van der Waals surface area contributed by atoms with Gasteiger partial charge in [0.1, 0.15) is 0 Å². The van der Waals surface area contributed by atoms with E-state index in [9.17, 15) is 4.79 Å². The van der Waals surface area contributed by atoms with Crippen LogP contribution in [0.4, 0.5) is 5.69 Å². The van der Waals surface area contributed by atoms with E-state index < -0.39 is 0 Å². The number of amides is 1. The van der Waals surface area contributed by atoms with Crippen LogP contribution in [-0.4, -0.2) is 27.4 Å². The monoisotopic (exact) mass is 318 g/mol. The number of benzene rings is 2. The number of rotatable bonds is 2. The van der Waals surface area contributed by atoms with Gasteiger partial charge in [0.15, 0.2) is 5.69 Å². The van der Waals surface area contributed by atoms with Crippen LogP contribution in [0.2, 0.25) is 0 Å². The fraction of sp³-hybridized carbons (Fsp3) is 0.211. The number of carbonyl (C=O) groups is 1. The van der Waals surface area contributed by atoms with Gasteiger partial charge in [0.05, 0.1) is 11.4 Å². The highest BCUT2D eigenvalue weighted by Crippen LogP contribution is 2.28. The molecule has 0 unspecified atom stereocenters. The molecule has 1 aliphatic heterocycles. The Hall–Kier alpha value is -2.95. The van der Waals surface area contributed by atoms with Crippen LogP contribution in [0.5, 0.6) is 0 Å². The molecule has 2 aromatic carbocycles. The molecule has 1 amide bonds. The van der Waals surface area contributed by atoms with E-state index in [2.05, 4.69) is 16.3 Å². The van der Waals surface area contributed by atoms with E-state index in [0.717, 1.165) is 24.2 Å². The quantitative estimate of drug-likeness (QED) is 0.729. The van der Waals surface area contributed by atoms with Gasteiger partial charge >= 0.3 is 0 Å². The highest BCUT2D eigenvalue weighted by atomic mass is 16.2. The minimum Gasteiger partial charge on any atom is -0.307 e. The van der Waals surface area contributed by atoms with E-state index in [1.807, 2.05) is 60.4 Å². The molecule has 0 spiro atoms. The summed E-state index contributed by atoms with van der Waals surface area (Å²) in [6.07, 6.45) is 1.98. The molecule has 1 aliphatic rings. The third kappa shape index (κ3) is 2.48. The van der Waals surface area contributed by atoms with Gasteiger partial charge in [-0.1, -0.05) is 36.4 Å². The number of para-hydroxylation sites is 2. The van der Waals surface area contributed by atoms with Crippen LogP contribution < -0.4 is 4.90 Å². The molecule has 2 heterocycles. The number of aryl methyl sites for hydroxylation is 2. The lowest BCUT2D eigenvalue weighted by Crippen LogP contribution is -2.36. The third-order valence-corrected chi connectivity index (χ3v) is 4.33. The van der Waals surface area contributed by atoms with Gasteiger partial charge in [-0.05, 0) is 43.5 Å². The molecular formula is C19H18N4O. The fourth-order valence-electron chi connectivity index (χ4n) is 3.13. The molecule has 3 aromatic rings. The number of nitrogens with zero attached hydrogens (tertiary/aromatic N) is 4. The van der Waals surface area contributed by atoms with Crippen molar-refractivity contribution in [2.24, 2.45) is 0 Å². The summed E-state index contributed by atoms with van der Waals surface area (Å²) in [4.78, 5) is 16.4. The highest BCUT2D eigenvalue weighted by molar-refractivity contribution is 6.06. The molecule has 5 heteroatoms. The number of anilines is 1. The van der Waals surface area contributed by atoms with Gasteiger partial charge < -0.3 is 4.90 Å². The van der Waals surface area contributed by atoms with Gasteiger partial charge in [0.25, 0.3) is 5.91 Å². The normalized spacial score (nSPS) is 13.6. The molecule has 0 fully saturated rings. The SMILES string of the molecule is Cc1nn(-c2ccccc2)nc1C(=O)N1CCCc2ccccc21. The Bertz CT molecular complexity index is 885. The number of fused-ring (bicyclic) bond motifs is 1. The van der Waals surface area contributed by atoms with Crippen molar-refractivity contribution >= 4 is 11.6 Å². The fourth-order valence-corrected chi connectivity index (χ4v) is 3.13. The van der Waals surface area contributed by atoms with E-state index in [-0.39, 0.29) is 5.91 Å². The lowest BCUT2D eigenvalue weighted by atomic mass is 10.0. The number of carbonyl (C=O) groups excluding carboxylic acids is 1. The molecular weight excluding hydrogens is 300 g/mol. The second-order valence-corrected chi connectivity index (χ2v) is 5.95. The maximum absolute atomic E-state index is 13.0. The summed E-state index contributed by atoms with van der Waals surface area (Å²) in [7, 11) is 0. The second kappa shape index (κ2) is 5.92. The molecule has 24 heavy (non-hydrogen) atoms. The van der Waals surface area contributed by atoms with E-state index in [1.54, 1.807) is 0 Å². The minimum atomic E-state index is -0.0816. The molecule has 0 N–H and O–H groups in total. The Balaban J connectivity index is 1.70. The molecule has 120 valence electrons. The largest absolute Gasteiger partial charge is 0.307 e. The Morgan fingerprint density at radius 3 is 2.58 bits per heavy atom. The van der Waals surface area contributed by atoms with Crippen LogP contribution in [0.15, 0.2) is 54.6 Å². The van der Waals surface area contributed by atoms with Gasteiger partial charge in [-0.3, -0.25) is 4.79 Å². The van der Waals surface area contributed by atoms with Crippen LogP contribution in [0.3, 0.4) is 0 Å². The average molecular weight is 318 g/mol. The zero-order chi connectivity index (χ0) is 16.5. The third-order valence-electron chi connectivity index (χ3n) is 4.33. The topological polar surface area (TPSA) is 51.0 Å². The summed E-state index contributed by atoms with van der Waals surface area (Å²) in [5.74, 6) is -0.0816. The summed E-state index contributed by atoms with van der Waals surface area (Å²) in [5, 5.41) is 8.85. The first-order valence-corrected chi connectivity index (χ1v) is 8.13. The zero-order valence-electron chi connectivity index (χ0n) is 13.5. The highest BCUT2D eigenvalue weighted by Gasteiger charge is 2.27. The summed E-state index contributed by atoms with van der Waals surface area (Å²) in [6, 6.07) is 17.7. The van der Waals surface area contributed by atoms with Gasteiger partial charge in [0.2, 0.25) is 0 Å². The van der Waals surface area contributed by atoms with Gasteiger partial charge in [-0.15, -0.1) is 5.10 Å². The lowest BCUT2D eigenvalue weighted by Gasteiger charge is -2.28. The van der Waals surface area contributed by atoms with Crippen molar-refractivity contribution in [1.82, 2.24) is 15.0 Å². The lowest BCUT2D eigenvalue weighted by molar-refractivity contribution is 0.0979. The van der Waals surface area contributed by atoms with E-state index in [1.165, 1.54) is 10.4 Å². The van der Waals surface area contributed by atoms with Crippen molar-refractivity contribution in [1.29, 1.82) is 0 Å². The summed E-state index contributed by atoms with van der Waals surface area (Å²) in [5.41, 5.74) is 4.11. The van der Waals surface area contributed by atoms with Gasteiger partial charge in [-0.2, -0.15) is 9.90 Å². The molecule has 0 aliphatic carbocycles. The van der Waals surface area contributed by atoms with Gasteiger partial charge in [-0.25, -0.2) is 0 Å². The number of hydrogen-bond acceptors (Lipinski definition) is 3. The van der Waals surface area contributed by atoms with Crippen LogP contribution >= 0.6 is 0 Å². The van der Waals surface area contributed by atoms with Crippen LogP contribution in [-0.2, 0) is 6.42 Å². The van der Waals surface area contributed by atoms with Crippen molar-refractivity contribution in [2.75, 3.05) is 11.4 Å². The maximum Gasteiger partial charge on any atom is 0.280 e. The van der Waals surface area contributed by atoms with Gasteiger partial charge in [0, 0.05) is 12.2 Å². The molecule has 0 radical (unpaired) electrons. The Labute approximate surface area is 140 Å². The number of hydrogen-bond donors (Lipinski definition) is 0. The summed E-state index contributed by atoms with van der Waals surface area (Å²) in [6.45, 7) is 2.54. The number of aromatic nitrogens is 3. The molecule has 0 atom stereocenters.